The number of ether oxygens (including phenoxy) is 2. The highest BCUT2D eigenvalue weighted by Gasteiger charge is 2.31. The normalized spacial score (nSPS) is 9.80. The lowest BCUT2D eigenvalue weighted by Gasteiger charge is -2.12. The van der Waals surface area contributed by atoms with Crippen LogP contribution in [0.15, 0.2) is 29.3 Å². The van der Waals surface area contributed by atoms with E-state index < -0.39 is 45.7 Å². The van der Waals surface area contributed by atoms with E-state index in [2.05, 4.69) is 19.4 Å². The number of nitriles is 1. The van der Waals surface area contributed by atoms with E-state index in [4.69, 9.17) is 0 Å². The van der Waals surface area contributed by atoms with Gasteiger partial charge in [0.1, 0.15) is 17.3 Å². The zero-order valence-electron chi connectivity index (χ0n) is 13.2. The Hall–Kier alpha value is -3.80. The van der Waals surface area contributed by atoms with Crippen molar-refractivity contribution in [3.05, 3.63) is 62.8 Å². The van der Waals surface area contributed by atoms with E-state index in [0.717, 1.165) is 14.2 Å². The average molecular weight is 341 g/mol. The van der Waals surface area contributed by atoms with Crippen molar-refractivity contribution in [2.45, 2.75) is 0 Å². The first kappa shape index (κ1) is 17.6. The maximum Gasteiger partial charge on any atom is 0.355 e. The van der Waals surface area contributed by atoms with E-state index in [1.165, 1.54) is 24.5 Å². The summed E-state index contributed by atoms with van der Waals surface area (Å²) in [6, 6.07) is 4.41. The van der Waals surface area contributed by atoms with Gasteiger partial charge in [0.25, 0.3) is 5.56 Å². The molecule has 126 valence electrons. The monoisotopic (exact) mass is 341 g/mol. The molecule has 0 radical (unpaired) electrons. The highest BCUT2D eigenvalue weighted by Crippen LogP contribution is 2.20. The summed E-state index contributed by atoms with van der Waals surface area (Å²) < 4.78 is 9.11. The van der Waals surface area contributed by atoms with Crippen molar-refractivity contribution in [1.82, 2.24) is 9.97 Å². The van der Waals surface area contributed by atoms with Gasteiger partial charge in [-0.15, -0.1) is 0 Å². The first-order chi connectivity index (χ1) is 12.0. The van der Waals surface area contributed by atoms with E-state index in [-0.39, 0.29) is 5.56 Å². The van der Waals surface area contributed by atoms with E-state index in [0.29, 0.717) is 0 Å². The van der Waals surface area contributed by atoms with Gasteiger partial charge in [0.05, 0.1) is 25.3 Å². The molecule has 9 nitrogen and oxygen atoms in total. The van der Waals surface area contributed by atoms with Crippen LogP contribution < -0.4 is 5.56 Å². The number of pyridine rings is 2. The summed E-state index contributed by atoms with van der Waals surface area (Å²) >= 11 is 0. The van der Waals surface area contributed by atoms with Gasteiger partial charge in [-0.05, 0) is 12.1 Å². The Labute approximate surface area is 140 Å². The van der Waals surface area contributed by atoms with Crippen LogP contribution in [0.5, 0.6) is 0 Å². The lowest BCUT2D eigenvalue weighted by molar-refractivity contribution is 0.0586. The Kier molecular flexibility index (Phi) is 5.04. The summed E-state index contributed by atoms with van der Waals surface area (Å²) in [7, 11) is 2.05. The van der Waals surface area contributed by atoms with Crippen LogP contribution in [0, 0.1) is 11.3 Å². The minimum atomic E-state index is -1.11. The predicted octanol–water partition coefficient (Wildman–Crippen LogP) is 0.446. The molecule has 0 unspecified atom stereocenters. The van der Waals surface area contributed by atoms with E-state index in [9.17, 15) is 24.4 Å². The molecular weight excluding hydrogens is 330 g/mol. The fourth-order valence-electron chi connectivity index (χ4n) is 2.14. The second-order valence-electron chi connectivity index (χ2n) is 4.62. The lowest BCUT2D eigenvalue weighted by Crippen LogP contribution is -2.28. The first-order valence-corrected chi connectivity index (χ1v) is 6.78. The van der Waals surface area contributed by atoms with Crippen molar-refractivity contribution in [1.29, 1.82) is 5.26 Å². The number of hydrogen-bond acceptors (Lipinski definition) is 8. The van der Waals surface area contributed by atoms with Gasteiger partial charge in [-0.25, -0.2) is 9.59 Å². The number of aromatic amines is 1. The van der Waals surface area contributed by atoms with Gasteiger partial charge in [-0.2, -0.15) is 5.26 Å². The number of nitrogens with one attached hydrogen (secondary N) is 1. The van der Waals surface area contributed by atoms with Gasteiger partial charge in [-0.3, -0.25) is 14.6 Å². The van der Waals surface area contributed by atoms with Crippen LogP contribution >= 0.6 is 0 Å². The summed E-state index contributed by atoms with van der Waals surface area (Å²) in [6.45, 7) is 0. The highest BCUT2D eigenvalue weighted by atomic mass is 16.5. The largest absolute Gasteiger partial charge is 0.465 e. The summed E-state index contributed by atoms with van der Waals surface area (Å²) in [5, 5.41) is 9.19. The molecule has 0 atom stereocenters. The molecule has 25 heavy (non-hydrogen) atoms. The van der Waals surface area contributed by atoms with Crippen LogP contribution in [-0.4, -0.2) is 41.9 Å². The molecule has 0 aromatic carbocycles. The Morgan fingerprint density at radius 2 is 1.84 bits per heavy atom. The van der Waals surface area contributed by atoms with Crippen LogP contribution in [0.4, 0.5) is 0 Å². The lowest BCUT2D eigenvalue weighted by atomic mass is 9.94. The Balaban J connectivity index is 2.93. The molecule has 0 bridgehead atoms. The molecule has 0 saturated carbocycles. The minimum absolute atomic E-state index is 0.0359. The zero-order valence-corrected chi connectivity index (χ0v) is 13.2. The third-order valence-corrected chi connectivity index (χ3v) is 3.26. The molecule has 2 heterocycles. The number of nitrogens with zero attached hydrogens (tertiary/aromatic N) is 2. The molecule has 0 spiro atoms. The number of esters is 2. The Morgan fingerprint density at radius 3 is 2.36 bits per heavy atom. The third-order valence-electron chi connectivity index (χ3n) is 3.26. The number of ketones is 1. The quantitative estimate of drug-likeness (QED) is 0.624. The second-order valence-corrected chi connectivity index (χ2v) is 4.62. The molecular formula is C16H11N3O6. The van der Waals surface area contributed by atoms with Crippen LogP contribution in [-0.2, 0) is 9.47 Å². The van der Waals surface area contributed by atoms with Gasteiger partial charge >= 0.3 is 11.9 Å². The topological polar surface area (TPSA) is 139 Å². The van der Waals surface area contributed by atoms with Crippen LogP contribution in [0.1, 0.15) is 42.3 Å². The number of hydrogen-bond donors (Lipinski definition) is 1. The molecule has 0 fully saturated rings. The SMILES string of the molecule is COC(=O)c1[nH]c(=O)c(C#N)c(C(=O)OC)c1C(=O)c1cccnc1. The standard InChI is InChI=1S/C16H11N3O6/c1-24-15(22)10-9(6-17)14(21)19-12(16(23)25-2)11(10)13(20)8-4-3-5-18-7-8/h3-5,7H,1-2H3,(H,19,21). The molecule has 2 rings (SSSR count). The fourth-order valence-corrected chi connectivity index (χ4v) is 2.14. The number of carbonyl (C=O) groups is 3. The van der Waals surface area contributed by atoms with Gasteiger partial charge < -0.3 is 14.5 Å². The molecule has 9 heteroatoms. The van der Waals surface area contributed by atoms with Crippen LogP contribution in [0.3, 0.4) is 0 Å². The van der Waals surface area contributed by atoms with Crippen molar-refractivity contribution in [3.8, 4) is 6.07 Å². The van der Waals surface area contributed by atoms with Crippen molar-refractivity contribution in [2.24, 2.45) is 0 Å². The van der Waals surface area contributed by atoms with Crippen LogP contribution in [0.25, 0.3) is 0 Å². The number of methoxy groups -OCH3 is 2. The molecule has 2 aromatic heterocycles. The molecule has 0 saturated heterocycles. The molecule has 0 amide bonds. The summed E-state index contributed by atoms with van der Waals surface area (Å²) in [5.41, 5.74) is -3.29. The van der Waals surface area contributed by atoms with E-state index in [1.54, 1.807) is 6.07 Å². The maximum absolute atomic E-state index is 12.8. The van der Waals surface area contributed by atoms with Crippen molar-refractivity contribution in [3.63, 3.8) is 0 Å². The summed E-state index contributed by atoms with van der Waals surface area (Å²) in [4.78, 5) is 54.9. The number of H-pyrrole nitrogens is 1. The highest BCUT2D eigenvalue weighted by molar-refractivity contribution is 6.19. The second kappa shape index (κ2) is 7.18. The van der Waals surface area contributed by atoms with Gasteiger partial charge in [0, 0.05) is 18.0 Å². The average Bonchev–Trinajstić information content (AvgIpc) is 2.65. The van der Waals surface area contributed by atoms with Gasteiger partial charge in [0.15, 0.2) is 5.78 Å². The molecule has 1 N–H and O–H groups in total. The molecule has 0 aliphatic carbocycles. The first-order valence-electron chi connectivity index (χ1n) is 6.78. The van der Waals surface area contributed by atoms with Crippen molar-refractivity contribution >= 4 is 17.7 Å². The smallest absolute Gasteiger partial charge is 0.355 e. The summed E-state index contributed by atoms with van der Waals surface area (Å²) in [5.74, 6) is -2.97. The van der Waals surface area contributed by atoms with Crippen LogP contribution in [0.2, 0.25) is 0 Å². The fraction of sp³-hybridized carbons (Fsp3) is 0.125. The predicted molar refractivity (Wildman–Crippen MR) is 82.1 cm³/mol. The Morgan fingerprint density at radius 1 is 1.16 bits per heavy atom. The van der Waals surface area contributed by atoms with E-state index >= 15 is 0 Å². The number of aromatic nitrogens is 2. The molecule has 0 aliphatic rings. The zero-order chi connectivity index (χ0) is 18.6. The number of carbonyl (C=O) groups excluding carboxylic acids is 3. The molecule has 0 aliphatic heterocycles. The molecule has 2 aromatic rings. The third kappa shape index (κ3) is 3.13. The van der Waals surface area contributed by atoms with Crippen molar-refractivity contribution < 1.29 is 23.9 Å². The Bertz CT molecular complexity index is 956. The van der Waals surface area contributed by atoms with Gasteiger partial charge in [0.2, 0.25) is 0 Å². The van der Waals surface area contributed by atoms with Gasteiger partial charge in [-0.1, -0.05) is 0 Å². The number of rotatable bonds is 4. The minimum Gasteiger partial charge on any atom is -0.465 e. The summed E-state index contributed by atoms with van der Waals surface area (Å²) in [6.07, 6.45) is 2.63. The van der Waals surface area contributed by atoms with Crippen molar-refractivity contribution in [2.75, 3.05) is 14.2 Å². The maximum atomic E-state index is 12.8. The van der Waals surface area contributed by atoms with E-state index in [1.807, 2.05) is 0 Å².